The quantitative estimate of drug-likeness (QED) is 0.784. The van der Waals surface area contributed by atoms with Gasteiger partial charge in [-0.25, -0.2) is 0 Å². The molecule has 2 saturated carbocycles. The van der Waals surface area contributed by atoms with Gasteiger partial charge in [-0.15, -0.1) is 0 Å². The SMILES string of the molecule is CC(C)(C)[Si](C)(C)OC1CCC(N)(C2CC2)CC1. The highest BCUT2D eigenvalue weighted by Gasteiger charge is 2.46. The Labute approximate surface area is 114 Å². The molecule has 0 heterocycles. The Morgan fingerprint density at radius 1 is 1.06 bits per heavy atom. The fraction of sp³-hybridized carbons (Fsp3) is 1.00. The Kier molecular flexibility index (Phi) is 3.72. The molecule has 0 radical (unpaired) electrons. The smallest absolute Gasteiger partial charge is 0.192 e. The van der Waals surface area contributed by atoms with Gasteiger partial charge in [-0.3, -0.25) is 0 Å². The molecule has 2 aliphatic carbocycles. The third-order valence-electron chi connectivity index (χ3n) is 5.52. The van der Waals surface area contributed by atoms with Gasteiger partial charge in [-0.1, -0.05) is 20.8 Å². The van der Waals surface area contributed by atoms with E-state index < -0.39 is 8.32 Å². The Morgan fingerprint density at radius 3 is 1.94 bits per heavy atom. The molecule has 18 heavy (non-hydrogen) atoms. The summed E-state index contributed by atoms with van der Waals surface area (Å²) in [6.07, 6.45) is 7.92. The minimum atomic E-state index is -1.59. The molecule has 2 fully saturated rings. The third kappa shape index (κ3) is 2.99. The van der Waals surface area contributed by atoms with E-state index in [1.165, 1.54) is 38.5 Å². The Bertz CT molecular complexity index is 296. The van der Waals surface area contributed by atoms with Gasteiger partial charge in [0, 0.05) is 11.6 Å². The topological polar surface area (TPSA) is 35.2 Å². The van der Waals surface area contributed by atoms with Crippen molar-refractivity contribution in [1.82, 2.24) is 0 Å². The van der Waals surface area contributed by atoms with E-state index in [2.05, 4.69) is 33.9 Å². The second-order valence-corrected chi connectivity index (χ2v) is 12.8. The van der Waals surface area contributed by atoms with Crippen molar-refractivity contribution in [2.75, 3.05) is 0 Å². The second-order valence-electron chi connectivity index (χ2n) is 8.08. The predicted octanol–water partition coefficient (Wildman–Crippen LogP) is 4.06. The average molecular weight is 270 g/mol. The molecule has 0 spiro atoms. The van der Waals surface area contributed by atoms with Crippen molar-refractivity contribution >= 4 is 8.32 Å². The summed E-state index contributed by atoms with van der Waals surface area (Å²) in [7, 11) is -1.59. The van der Waals surface area contributed by atoms with Gasteiger partial charge in [0.1, 0.15) is 0 Å². The monoisotopic (exact) mass is 269 g/mol. The molecule has 0 aromatic carbocycles. The minimum Gasteiger partial charge on any atom is -0.414 e. The van der Waals surface area contributed by atoms with Crippen molar-refractivity contribution in [3.05, 3.63) is 0 Å². The molecule has 2 aliphatic rings. The third-order valence-corrected chi connectivity index (χ3v) is 10.1. The van der Waals surface area contributed by atoms with E-state index >= 15 is 0 Å². The van der Waals surface area contributed by atoms with Crippen LogP contribution in [0.5, 0.6) is 0 Å². The maximum Gasteiger partial charge on any atom is 0.192 e. The second kappa shape index (κ2) is 4.60. The first kappa shape index (κ1) is 14.5. The van der Waals surface area contributed by atoms with Crippen LogP contribution in [0.3, 0.4) is 0 Å². The Morgan fingerprint density at radius 2 is 1.56 bits per heavy atom. The molecule has 2 N–H and O–H groups in total. The van der Waals surface area contributed by atoms with Crippen molar-refractivity contribution in [1.29, 1.82) is 0 Å². The molecular weight excluding hydrogens is 238 g/mol. The van der Waals surface area contributed by atoms with Gasteiger partial charge >= 0.3 is 0 Å². The summed E-state index contributed by atoms with van der Waals surface area (Å²) in [5, 5.41) is 0.320. The van der Waals surface area contributed by atoms with Crippen molar-refractivity contribution in [3.8, 4) is 0 Å². The molecule has 3 heteroatoms. The van der Waals surface area contributed by atoms with Crippen molar-refractivity contribution in [2.24, 2.45) is 11.7 Å². The summed E-state index contributed by atoms with van der Waals surface area (Å²) >= 11 is 0. The lowest BCUT2D eigenvalue weighted by Gasteiger charge is -2.43. The van der Waals surface area contributed by atoms with Crippen LogP contribution in [0.1, 0.15) is 59.3 Å². The molecule has 0 unspecified atom stereocenters. The molecular formula is C15H31NOSi. The van der Waals surface area contributed by atoms with E-state index in [0.29, 0.717) is 11.1 Å². The number of nitrogens with two attached hydrogens (primary N) is 1. The first-order chi connectivity index (χ1) is 8.14. The van der Waals surface area contributed by atoms with Crippen molar-refractivity contribution in [3.63, 3.8) is 0 Å². The van der Waals surface area contributed by atoms with Crippen LogP contribution >= 0.6 is 0 Å². The molecule has 0 atom stereocenters. The van der Waals surface area contributed by atoms with Crippen molar-refractivity contribution < 1.29 is 4.43 Å². The molecule has 2 nitrogen and oxygen atoms in total. The Balaban J connectivity index is 1.87. The van der Waals surface area contributed by atoms with Gasteiger partial charge in [0.05, 0.1) is 0 Å². The lowest BCUT2D eigenvalue weighted by atomic mass is 9.78. The van der Waals surface area contributed by atoms with Gasteiger partial charge in [0.2, 0.25) is 0 Å². The zero-order valence-electron chi connectivity index (χ0n) is 12.9. The summed E-state index contributed by atoms with van der Waals surface area (Å²) in [6, 6.07) is 0. The van der Waals surface area contributed by atoms with E-state index in [1.54, 1.807) is 0 Å². The lowest BCUT2D eigenvalue weighted by Crippen LogP contribution is -2.50. The molecule has 0 aliphatic heterocycles. The average Bonchev–Trinajstić information content (AvgIpc) is 3.03. The van der Waals surface area contributed by atoms with Gasteiger partial charge in [0.25, 0.3) is 0 Å². The van der Waals surface area contributed by atoms with Gasteiger partial charge in [-0.05, 0) is 62.6 Å². The minimum absolute atomic E-state index is 0.160. The summed E-state index contributed by atoms with van der Waals surface area (Å²) in [4.78, 5) is 0. The summed E-state index contributed by atoms with van der Waals surface area (Å²) in [5.74, 6) is 0.825. The highest BCUT2D eigenvalue weighted by Crippen LogP contribution is 2.47. The van der Waals surface area contributed by atoms with Crippen LogP contribution in [0, 0.1) is 5.92 Å². The van der Waals surface area contributed by atoms with E-state index in [-0.39, 0.29) is 5.54 Å². The van der Waals surface area contributed by atoms with Crippen LogP contribution in [0.4, 0.5) is 0 Å². The molecule has 2 rings (SSSR count). The van der Waals surface area contributed by atoms with Crippen LogP contribution in [-0.4, -0.2) is 20.0 Å². The van der Waals surface area contributed by atoms with Crippen LogP contribution in [-0.2, 0) is 4.43 Å². The molecule has 0 amide bonds. The zero-order valence-corrected chi connectivity index (χ0v) is 13.9. The zero-order chi connectivity index (χ0) is 13.6. The van der Waals surface area contributed by atoms with Crippen LogP contribution in [0.2, 0.25) is 18.1 Å². The van der Waals surface area contributed by atoms with E-state index in [0.717, 1.165) is 5.92 Å². The maximum atomic E-state index is 6.53. The molecule has 0 aromatic heterocycles. The largest absolute Gasteiger partial charge is 0.414 e. The van der Waals surface area contributed by atoms with Crippen LogP contribution < -0.4 is 5.73 Å². The predicted molar refractivity (Wildman–Crippen MR) is 80.2 cm³/mol. The van der Waals surface area contributed by atoms with Gasteiger partial charge in [0.15, 0.2) is 8.32 Å². The summed E-state index contributed by atoms with van der Waals surface area (Å²) in [5.41, 5.74) is 6.69. The van der Waals surface area contributed by atoms with Gasteiger partial charge in [-0.2, -0.15) is 0 Å². The Hall–Kier alpha value is 0.137. The summed E-state index contributed by atoms with van der Waals surface area (Å²) < 4.78 is 6.52. The van der Waals surface area contributed by atoms with E-state index in [9.17, 15) is 0 Å². The summed E-state index contributed by atoms with van der Waals surface area (Å²) in [6.45, 7) is 11.7. The highest BCUT2D eigenvalue weighted by atomic mass is 28.4. The maximum absolute atomic E-state index is 6.53. The molecule has 0 bridgehead atoms. The fourth-order valence-electron chi connectivity index (χ4n) is 2.91. The number of rotatable bonds is 3. The molecule has 0 aromatic rings. The first-order valence-electron chi connectivity index (χ1n) is 7.61. The first-order valence-corrected chi connectivity index (χ1v) is 10.5. The number of hydrogen-bond donors (Lipinski definition) is 1. The molecule has 106 valence electrons. The van der Waals surface area contributed by atoms with Crippen molar-refractivity contribution in [2.45, 2.75) is 89.1 Å². The van der Waals surface area contributed by atoms with Crippen LogP contribution in [0.25, 0.3) is 0 Å². The van der Waals surface area contributed by atoms with E-state index in [4.69, 9.17) is 10.2 Å². The van der Waals surface area contributed by atoms with E-state index in [1.807, 2.05) is 0 Å². The highest BCUT2D eigenvalue weighted by molar-refractivity contribution is 6.74. The number of hydrogen-bond acceptors (Lipinski definition) is 2. The van der Waals surface area contributed by atoms with Gasteiger partial charge < -0.3 is 10.2 Å². The standard InChI is InChI=1S/C15H31NOSi/c1-14(2,3)18(4,5)17-13-8-10-15(16,11-9-13)12-6-7-12/h12-13H,6-11,16H2,1-5H3. The van der Waals surface area contributed by atoms with Crippen LogP contribution in [0.15, 0.2) is 0 Å². The fourth-order valence-corrected chi connectivity index (χ4v) is 4.33. The molecule has 0 saturated heterocycles. The normalized spacial score (nSPS) is 34.7. The lowest BCUT2D eigenvalue weighted by molar-refractivity contribution is 0.0976.